The number of aromatic amines is 1. The zero-order valence-corrected chi connectivity index (χ0v) is 39.3. The Morgan fingerprint density at radius 2 is 1.08 bits per heavy atom. The van der Waals surface area contributed by atoms with Gasteiger partial charge in [-0.1, -0.05) is 114 Å². The van der Waals surface area contributed by atoms with E-state index in [9.17, 15) is 0 Å². The van der Waals surface area contributed by atoms with Crippen LogP contribution in [0.1, 0.15) is 113 Å². The quantitative estimate of drug-likeness (QED) is 0.0681. The van der Waals surface area contributed by atoms with E-state index in [0.717, 1.165) is 80.8 Å². The van der Waals surface area contributed by atoms with Gasteiger partial charge in [-0.3, -0.25) is 14.5 Å². The molecule has 2 aromatic heterocycles. The molecule has 4 aromatic carbocycles. The summed E-state index contributed by atoms with van der Waals surface area (Å²) >= 11 is 0. The third kappa shape index (κ3) is 12.0. The first-order valence-electron chi connectivity index (χ1n) is 23.9. The van der Waals surface area contributed by atoms with Gasteiger partial charge in [-0.15, -0.1) is 4.68 Å². The lowest BCUT2D eigenvalue weighted by atomic mass is 10.0. The van der Waals surface area contributed by atoms with E-state index in [4.69, 9.17) is 24.0 Å². The maximum atomic E-state index is 5.60. The number of hydrogen-bond acceptors (Lipinski definition) is 7. The van der Waals surface area contributed by atoms with Crippen molar-refractivity contribution < 1.29 is 23.6 Å². The molecule has 6 aromatic rings. The summed E-state index contributed by atoms with van der Waals surface area (Å²) in [5.74, 6) is 3.40. The normalized spacial score (nSPS) is 12.6. The summed E-state index contributed by atoms with van der Waals surface area (Å²) < 4.78 is 26.5. The average Bonchev–Trinajstić information content (AvgIpc) is 4.12. The van der Waals surface area contributed by atoms with Gasteiger partial charge < -0.3 is 18.9 Å². The number of aromatic nitrogens is 4. The number of H-pyrrole nitrogens is 1. The Kier molecular flexibility index (Phi) is 17.0. The Hall–Kier alpha value is -5.58. The molecular weight excluding hydrogens is 797 g/mol. The third-order valence-corrected chi connectivity index (χ3v) is 12.3. The van der Waals surface area contributed by atoms with E-state index in [-0.39, 0.29) is 0 Å². The van der Waals surface area contributed by atoms with Crippen LogP contribution in [-0.4, -0.2) is 51.4 Å². The molecule has 0 unspecified atom stereocenters. The van der Waals surface area contributed by atoms with Crippen molar-refractivity contribution in [3.05, 3.63) is 131 Å². The molecule has 1 N–H and O–H groups in total. The SMILES string of the molecule is CCCCc1c(-c2ccccc2)nn(C)c1CN(CCCC)Cc1ccc2c(c1)OCO2.CCCCc1c(CN(CCCC)Cc2ccc3c(c2)OCO3)[nH][n+](C)c1-c1ccccc1. The van der Waals surface area contributed by atoms with E-state index in [0.29, 0.717) is 13.6 Å². The minimum absolute atomic E-state index is 0.316. The molecule has 0 radical (unpaired) electrons. The Morgan fingerprint density at radius 1 is 0.578 bits per heavy atom. The molecule has 0 saturated carbocycles. The standard InChI is InChI=1S/2C27H35N3O2/c1-4-6-13-23-24(29(3)28-27(23)22-11-9-8-10-12-22)19-30(16-7-5-2)18-21-14-15-25-26(17-21)32-20-31-25;1-4-6-13-23-24(28-29(3)27(23)22-11-9-8-10-12-22)19-30(16-7-5-2)18-21-14-15-25-26(17-21)32-20-31-25/h2*8-12,14-15,17H,4-7,13,16,18-20H2,1-3H3/p+1. The summed E-state index contributed by atoms with van der Waals surface area (Å²) in [6.45, 7) is 15.4. The van der Waals surface area contributed by atoms with Gasteiger partial charge in [0.15, 0.2) is 30.0 Å². The number of ether oxygens (including phenoxy) is 4. The fourth-order valence-corrected chi connectivity index (χ4v) is 8.86. The Balaban J connectivity index is 0.000000191. The van der Waals surface area contributed by atoms with Crippen LogP contribution in [0.5, 0.6) is 23.0 Å². The van der Waals surface area contributed by atoms with Gasteiger partial charge in [0.05, 0.1) is 22.6 Å². The zero-order valence-electron chi connectivity index (χ0n) is 39.3. The summed E-state index contributed by atoms with van der Waals surface area (Å²) in [6.07, 6.45) is 11.6. The second kappa shape index (κ2) is 23.4. The molecule has 0 atom stereocenters. The fourth-order valence-electron chi connectivity index (χ4n) is 8.86. The minimum Gasteiger partial charge on any atom is -0.454 e. The van der Waals surface area contributed by atoms with Crippen molar-refractivity contribution in [2.45, 2.75) is 118 Å². The molecule has 0 aliphatic carbocycles. The molecule has 8 rings (SSSR count). The first-order valence-corrected chi connectivity index (χ1v) is 23.9. The second-order valence-corrected chi connectivity index (χ2v) is 17.3. The first-order chi connectivity index (χ1) is 31.4. The van der Waals surface area contributed by atoms with Gasteiger partial charge in [0, 0.05) is 49.9 Å². The number of hydrogen-bond donors (Lipinski definition) is 1. The summed E-state index contributed by atoms with van der Waals surface area (Å²) in [7, 11) is 4.23. The van der Waals surface area contributed by atoms with Crippen LogP contribution in [-0.2, 0) is 53.1 Å². The van der Waals surface area contributed by atoms with Crippen molar-refractivity contribution in [3.63, 3.8) is 0 Å². The fraction of sp³-hybridized carbons (Fsp3) is 0.444. The molecule has 64 heavy (non-hydrogen) atoms. The molecule has 0 spiro atoms. The summed E-state index contributed by atoms with van der Waals surface area (Å²) in [5.41, 5.74) is 13.0. The highest BCUT2D eigenvalue weighted by atomic mass is 16.7. The highest BCUT2D eigenvalue weighted by molar-refractivity contribution is 5.64. The number of unbranched alkanes of at least 4 members (excludes halogenated alkanes) is 4. The van der Waals surface area contributed by atoms with Gasteiger partial charge >= 0.3 is 0 Å². The topological polar surface area (TPSA) is 80.9 Å². The van der Waals surface area contributed by atoms with Crippen molar-refractivity contribution >= 4 is 0 Å². The van der Waals surface area contributed by atoms with Crippen LogP contribution < -0.4 is 23.6 Å². The molecule has 0 bridgehead atoms. The lowest BCUT2D eigenvalue weighted by Crippen LogP contribution is -2.33. The van der Waals surface area contributed by atoms with Gasteiger partial charge in [-0.25, -0.2) is 0 Å². The monoisotopic (exact) mass is 868 g/mol. The lowest BCUT2D eigenvalue weighted by Gasteiger charge is -2.23. The van der Waals surface area contributed by atoms with Crippen LogP contribution in [0.25, 0.3) is 22.5 Å². The number of rotatable bonds is 22. The second-order valence-electron chi connectivity index (χ2n) is 17.3. The number of benzene rings is 4. The average molecular weight is 868 g/mol. The Labute approximate surface area is 382 Å². The molecule has 340 valence electrons. The summed E-state index contributed by atoms with van der Waals surface area (Å²) in [4.78, 5) is 5.10. The summed E-state index contributed by atoms with van der Waals surface area (Å²) in [6, 6.07) is 34.0. The molecule has 10 nitrogen and oxygen atoms in total. The van der Waals surface area contributed by atoms with Crippen LogP contribution in [0.2, 0.25) is 0 Å². The zero-order chi connectivity index (χ0) is 44.7. The molecule has 2 aliphatic rings. The first kappa shape index (κ1) is 46.4. The van der Waals surface area contributed by atoms with Crippen molar-refractivity contribution in [1.82, 2.24) is 24.7 Å². The molecular formula is C54H71N6O4+. The van der Waals surface area contributed by atoms with E-state index in [1.54, 1.807) is 0 Å². The van der Waals surface area contributed by atoms with Crippen molar-refractivity contribution in [2.24, 2.45) is 14.1 Å². The Morgan fingerprint density at radius 3 is 1.62 bits per heavy atom. The minimum atomic E-state index is 0.316. The van der Waals surface area contributed by atoms with E-state index in [2.05, 4.69) is 151 Å². The van der Waals surface area contributed by atoms with Crippen LogP contribution in [0.3, 0.4) is 0 Å². The predicted molar refractivity (Wildman–Crippen MR) is 256 cm³/mol. The number of nitrogens with one attached hydrogen (secondary N) is 1. The number of nitrogens with zero attached hydrogens (tertiary/aromatic N) is 5. The molecule has 10 heteroatoms. The van der Waals surface area contributed by atoms with E-state index >= 15 is 0 Å². The summed E-state index contributed by atoms with van der Waals surface area (Å²) in [5, 5.41) is 8.66. The highest BCUT2D eigenvalue weighted by Gasteiger charge is 2.26. The van der Waals surface area contributed by atoms with E-state index < -0.39 is 0 Å². The van der Waals surface area contributed by atoms with Crippen molar-refractivity contribution in [1.29, 1.82) is 0 Å². The molecule has 0 saturated heterocycles. The maximum Gasteiger partial charge on any atom is 0.241 e. The predicted octanol–water partition coefficient (Wildman–Crippen LogP) is 11.3. The number of aryl methyl sites for hydroxylation is 2. The van der Waals surface area contributed by atoms with Crippen LogP contribution in [0.4, 0.5) is 0 Å². The van der Waals surface area contributed by atoms with Gasteiger partial charge in [-0.2, -0.15) is 10.2 Å². The van der Waals surface area contributed by atoms with Crippen molar-refractivity contribution in [3.8, 4) is 45.5 Å². The number of fused-ring (bicyclic) bond motifs is 2. The Bertz CT molecular complexity index is 2350. The van der Waals surface area contributed by atoms with Crippen molar-refractivity contribution in [2.75, 3.05) is 26.7 Å². The van der Waals surface area contributed by atoms with Crippen LogP contribution in [0.15, 0.2) is 97.1 Å². The smallest absolute Gasteiger partial charge is 0.241 e. The highest BCUT2D eigenvalue weighted by Crippen LogP contribution is 2.35. The van der Waals surface area contributed by atoms with Gasteiger partial charge in [-0.05, 0) is 99.1 Å². The van der Waals surface area contributed by atoms with Gasteiger partial charge in [0.2, 0.25) is 19.3 Å². The molecule has 4 heterocycles. The molecule has 0 amide bonds. The van der Waals surface area contributed by atoms with Crippen LogP contribution >= 0.6 is 0 Å². The van der Waals surface area contributed by atoms with Gasteiger partial charge in [0.25, 0.3) is 0 Å². The van der Waals surface area contributed by atoms with E-state index in [1.807, 2.05) is 12.1 Å². The van der Waals surface area contributed by atoms with E-state index in [1.165, 1.54) is 102 Å². The van der Waals surface area contributed by atoms with Crippen LogP contribution in [0, 0.1) is 0 Å². The maximum absolute atomic E-state index is 5.60. The molecule has 0 fully saturated rings. The lowest BCUT2D eigenvalue weighted by molar-refractivity contribution is -0.717. The molecule has 2 aliphatic heterocycles. The largest absolute Gasteiger partial charge is 0.454 e. The third-order valence-electron chi connectivity index (χ3n) is 12.3. The van der Waals surface area contributed by atoms with Gasteiger partial charge in [0.1, 0.15) is 0 Å².